The Labute approximate surface area is 52.7 Å². The molecule has 1 aliphatic rings. The van der Waals surface area contributed by atoms with Gasteiger partial charge in [0.2, 0.25) is 0 Å². The highest BCUT2D eigenvalue weighted by molar-refractivity contribution is 6.03. The lowest BCUT2D eigenvalue weighted by atomic mass is 10.2. The van der Waals surface area contributed by atoms with Crippen LogP contribution in [0.25, 0.3) is 0 Å². The first-order valence-corrected chi connectivity index (χ1v) is 2.66. The molecule has 0 atom stereocenters. The van der Waals surface area contributed by atoms with Crippen molar-refractivity contribution < 1.29 is 9.90 Å². The Morgan fingerprint density at radius 1 is 1.78 bits per heavy atom. The molecule has 0 aromatic rings. The Morgan fingerprint density at radius 3 is 2.89 bits per heavy atom. The number of carbonyl (C=O) groups excluding carboxylic acids is 1. The molecule has 1 aliphatic heterocycles. The van der Waals surface area contributed by atoms with Crippen molar-refractivity contribution >= 4 is 11.6 Å². The first-order chi connectivity index (χ1) is 4.18. The average molecular weight is 125 g/mol. The molecule has 0 fully saturated rings. The zero-order chi connectivity index (χ0) is 6.85. The molecule has 0 unspecified atom stereocenters. The van der Waals surface area contributed by atoms with Crippen LogP contribution in [0.4, 0.5) is 0 Å². The second kappa shape index (κ2) is 2.01. The van der Waals surface area contributed by atoms with E-state index >= 15 is 0 Å². The van der Waals surface area contributed by atoms with Gasteiger partial charge in [-0.1, -0.05) is 0 Å². The first-order valence-electron chi connectivity index (χ1n) is 2.66. The van der Waals surface area contributed by atoms with E-state index in [0.29, 0.717) is 12.1 Å². The van der Waals surface area contributed by atoms with Crippen molar-refractivity contribution in [3.63, 3.8) is 0 Å². The summed E-state index contributed by atoms with van der Waals surface area (Å²) in [7, 11) is 0. The number of allylic oxidation sites excluding steroid dienone is 1. The molecule has 0 saturated heterocycles. The number of hydrogen-bond donors (Lipinski definition) is 1. The van der Waals surface area contributed by atoms with Gasteiger partial charge in [0, 0.05) is 18.2 Å². The number of aliphatic hydroxyl groups excluding tert-OH is 1. The minimum Gasteiger partial charge on any atom is -0.512 e. The van der Waals surface area contributed by atoms with E-state index in [0.717, 1.165) is 6.08 Å². The van der Waals surface area contributed by atoms with Gasteiger partial charge in [-0.2, -0.15) is 0 Å². The molecule has 0 saturated carbocycles. The summed E-state index contributed by atoms with van der Waals surface area (Å²) >= 11 is 0. The fraction of sp³-hybridized carbons (Fsp3) is 0.333. The van der Waals surface area contributed by atoms with Crippen LogP contribution in [0.5, 0.6) is 0 Å². The van der Waals surface area contributed by atoms with E-state index in [4.69, 9.17) is 5.11 Å². The SMILES string of the molecule is CC1=NC(=O)C=C(O)C1. The molecule has 1 amide bonds. The molecular weight excluding hydrogens is 118 g/mol. The summed E-state index contributed by atoms with van der Waals surface area (Å²) in [5.41, 5.74) is 0.667. The molecular formula is C6H7NO2. The summed E-state index contributed by atoms with van der Waals surface area (Å²) < 4.78 is 0. The van der Waals surface area contributed by atoms with Crippen molar-refractivity contribution in [3.05, 3.63) is 11.8 Å². The first kappa shape index (κ1) is 6.01. The van der Waals surface area contributed by atoms with Gasteiger partial charge in [-0.25, -0.2) is 4.99 Å². The summed E-state index contributed by atoms with van der Waals surface area (Å²) in [6.07, 6.45) is 1.54. The van der Waals surface area contributed by atoms with Gasteiger partial charge >= 0.3 is 0 Å². The predicted molar refractivity (Wildman–Crippen MR) is 33.4 cm³/mol. The minimum atomic E-state index is -0.365. The third-order valence-corrected chi connectivity index (χ3v) is 1.03. The Balaban J connectivity index is 2.81. The Hall–Kier alpha value is -1.12. The Morgan fingerprint density at radius 2 is 2.44 bits per heavy atom. The second-order valence-corrected chi connectivity index (χ2v) is 2.00. The minimum absolute atomic E-state index is 0.104. The van der Waals surface area contributed by atoms with Gasteiger partial charge < -0.3 is 5.11 Å². The molecule has 0 aromatic heterocycles. The van der Waals surface area contributed by atoms with E-state index in [-0.39, 0.29) is 11.7 Å². The lowest BCUT2D eigenvalue weighted by Crippen LogP contribution is -2.05. The maximum absolute atomic E-state index is 10.5. The second-order valence-electron chi connectivity index (χ2n) is 2.00. The van der Waals surface area contributed by atoms with E-state index in [2.05, 4.69) is 4.99 Å². The van der Waals surface area contributed by atoms with Gasteiger partial charge in [0.15, 0.2) is 0 Å². The van der Waals surface area contributed by atoms with Crippen molar-refractivity contribution in [1.82, 2.24) is 0 Å². The van der Waals surface area contributed by atoms with Crippen LogP contribution in [0.3, 0.4) is 0 Å². The highest BCUT2D eigenvalue weighted by Gasteiger charge is 2.07. The summed E-state index contributed by atoms with van der Waals surface area (Å²) in [6.45, 7) is 1.71. The normalized spacial score (nSPS) is 19.0. The standard InChI is InChI=1S/C6H7NO2/c1-4-2-5(8)3-6(9)7-4/h3,8H,2H2,1H3. The smallest absolute Gasteiger partial charge is 0.272 e. The van der Waals surface area contributed by atoms with E-state index in [1.54, 1.807) is 6.92 Å². The largest absolute Gasteiger partial charge is 0.512 e. The highest BCUT2D eigenvalue weighted by Crippen LogP contribution is 2.04. The zero-order valence-corrected chi connectivity index (χ0v) is 5.09. The summed E-state index contributed by atoms with van der Waals surface area (Å²) in [5.74, 6) is -0.260. The lowest BCUT2D eigenvalue weighted by molar-refractivity contribution is -0.113. The van der Waals surface area contributed by atoms with Crippen LogP contribution in [0, 0.1) is 0 Å². The summed E-state index contributed by atoms with van der Waals surface area (Å²) in [6, 6.07) is 0. The number of dihydropyridines is 1. The number of carbonyl (C=O) groups is 1. The number of hydrogen-bond acceptors (Lipinski definition) is 2. The van der Waals surface area contributed by atoms with Gasteiger partial charge in [-0.05, 0) is 6.92 Å². The van der Waals surface area contributed by atoms with E-state index in [1.807, 2.05) is 0 Å². The Kier molecular flexibility index (Phi) is 1.34. The lowest BCUT2D eigenvalue weighted by Gasteiger charge is -2.02. The van der Waals surface area contributed by atoms with Crippen molar-refractivity contribution in [2.45, 2.75) is 13.3 Å². The van der Waals surface area contributed by atoms with Crippen LogP contribution < -0.4 is 0 Å². The number of rotatable bonds is 0. The van der Waals surface area contributed by atoms with E-state index in [1.165, 1.54) is 0 Å². The van der Waals surface area contributed by atoms with Gasteiger partial charge in [0.25, 0.3) is 5.91 Å². The maximum Gasteiger partial charge on any atom is 0.272 e. The molecule has 9 heavy (non-hydrogen) atoms. The van der Waals surface area contributed by atoms with Crippen LogP contribution in [0.15, 0.2) is 16.8 Å². The molecule has 0 spiro atoms. The monoisotopic (exact) mass is 125 g/mol. The molecule has 1 heterocycles. The zero-order valence-electron chi connectivity index (χ0n) is 5.09. The Bertz CT molecular complexity index is 183. The quantitative estimate of drug-likeness (QED) is 0.521. The number of nitrogens with zero attached hydrogens (tertiary/aromatic N) is 1. The number of amides is 1. The molecule has 1 N–H and O–H groups in total. The molecule has 3 heteroatoms. The maximum atomic E-state index is 10.5. The average Bonchev–Trinajstić information content (AvgIpc) is 1.59. The molecule has 1 rings (SSSR count). The van der Waals surface area contributed by atoms with Crippen LogP contribution in [0.2, 0.25) is 0 Å². The fourth-order valence-electron chi connectivity index (χ4n) is 0.716. The molecule has 0 aliphatic carbocycles. The molecule has 48 valence electrons. The van der Waals surface area contributed by atoms with Crippen LogP contribution >= 0.6 is 0 Å². The summed E-state index contributed by atoms with van der Waals surface area (Å²) in [4.78, 5) is 14.0. The van der Waals surface area contributed by atoms with Crippen molar-refractivity contribution in [3.8, 4) is 0 Å². The fourth-order valence-corrected chi connectivity index (χ4v) is 0.716. The molecule has 0 aromatic carbocycles. The van der Waals surface area contributed by atoms with Gasteiger partial charge in [-0.15, -0.1) is 0 Å². The molecule has 0 bridgehead atoms. The third-order valence-electron chi connectivity index (χ3n) is 1.03. The van der Waals surface area contributed by atoms with E-state index in [9.17, 15) is 4.79 Å². The van der Waals surface area contributed by atoms with Gasteiger partial charge in [-0.3, -0.25) is 4.79 Å². The number of aliphatic imine (C=N–C) groups is 1. The van der Waals surface area contributed by atoms with Crippen LogP contribution in [0.1, 0.15) is 13.3 Å². The van der Waals surface area contributed by atoms with Gasteiger partial charge in [0.1, 0.15) is 5.76 Å². The third kappa shape index (κ3) is 1.38. The topological polar surface area (TPSA) is 49.7 Å². The van der Waals surface area contributed by atoms with Crippen LogP contribution in [-0.2, 0) is 4.79 Å². The van der Waals surface area contributed by atoms with Gasteiger partial charge in [0.05, 0.1) is 0 Å². The highest BCUT2D eigenvalue weighted by atomic mass is 16.3. The summed E-state index contributed by atoms with van der Waals surface area (Å²) in [5, 5.41) is 8.81. The predicted octanol–water partition coefficient (Wildman–Crippen LogP) is 0.820. The van der Waals surface area contributed by atoms with Crippen LogP contribution in [-0.4, -0.2) is 16.7 Å². The van der Waals surface area contributed by atoms with Crippen molar-refractivity contribution in [2.24, 2.45) is 4.99 Å². The van der Waals surface area contributed by atoms with Crippen molar-refractivity contribution in [2.75, 3.05) is 0 Å². The van der Waals surface area contributed by atoms with E-state index < -0.39 is 0 Å². The number of aliphatic hydroxyl groups is 1. The van der Waals surface area contributed by atoms with Crippen molar-refractivity contribution in [1.29, 1.82) is 0 Å². The molecule has 0 radical (unpaired) electrons. The molecule has 3 nitrogen and oxygen atoms in total.